The molecule has 12 heteroatoms. The summed E-state index contributed by atoms with van der Waals surface area (Å²) in [7, 11) is 1.65. The van der Waals surface area contributed by atoms with Gasteiger partial charge in [-0.15, -0.1) is 0 Å². The largest absolute Gasteiger partial charge is 0.497 e. The Balaban J connectivity index is 1.69. The van der Waals surface area contributed by atoms with E-state index in [2.05, 4.69) is 87.1 Å². The lowest BCUT2D eigenvalue weighted by atomic mass is 9.60. The molecule has 2 unspecified atom stereocenters. The van der Waals surface area contributed by atoms with Crippen LogP contribution in [-0.2, 0) is 24.0 Å². The summed E-state index contributed by atoms with van der Waals surface area (Å²) in [5.74, 6) is 0.454. The molecule has 0 aromatic heterocycles. The number of benzene rings is 3. The molecule has 2 saturated heterocycles. The van der Waals surface area contributed by atoms with Crippen LogP contribution in [0.2, 0.25) is 0 Å². The van der Waals surface area contributed by atoms with Crippen molar-refractivity contribution >= 4 is 20.5 Å². The molecule has 3 aromatic carbocycles. The first kappa shape index (κ1) is 40.2. The molecule has 1 N–H and O–H groups in total. The smallest absolute Gasteiger partial charge is 0.326 e. The number of ether oxygens (including phenoxy) is 3. The van der Waals surface area contributed by atoms with E-state index < -0.39 is 44.3 Å². The SMILES string of the molecule is COc1ccc(C(c2ccccc2)(c2ccc(OC)cc2)[C@H](C)[C@@H]2O[C@@H](N3CC(C)C(=O)NC3=O)C[C@H]2OP(OCCC#N)N(C(C)C)C(C)C)cc1. The number of methoxy groups -OCH3 is 2. The fourth-order valence-electron chi connectivity index (χ4n) is 7.76. The first-order valence-electron chi connectivity index (χ1n) is 18.3. The number of hydrogen-bond donors (Lipinski definition) is 1. The molecule has 2 heterocycles. The summed E-state index contributed by atoms with van der Waals surface area (Å²) in [6, 6.07) is 28.5. The molecule has 11 nitrogen and oxygen atoms in total. The molecule has 0 saturated carbocycles. The van der Waals surface area contributed by atoms with Gasteiger partial charge in [0.1, 0.15) is 17.7 Å². The summed E-state index contributed by atoms with van der Waals surface area (Å²) in [4.78, 5) is 27.5. The lowest BCUT2D eigenvalue weighted by Gasteiger charge is -2.45. The zero-order chi connectivity index (χ0) is 38.3. The van der Waals surface area contributed by atoms with Gasteiger partial charge in [0.2, 0.25) is 5.91 Å². The first-order valence-corrected chi connectivity index (χ1v) is 19.5. The molecule has 6 atom stereocenters. The second kappa shape index (κ2) is 17.9. The summed E-state index contributed by atoms with van der Waals surface area (Å²) in [5.41, 5.74) is 2.28. The van der Waals surface area contributed by atoms with E-state index in [1.165, 1.54) is 0 Å². The molecule has 2 aliphatic heterocycles. The maximum absolute atomic E-state index is 13.4. The van der Waals surface area contributed by atoms with E-state index in [1.54, 1.807) is 26.0 Å². The van der Waals surface area contributed by atoms with Crippen molar-refractivity contribution < 1.29 is 32.8 Å². The Kier molecular flexibility index (Phi) is 13.5. The van der Waals surface area contributed by atoms with Gasteiger partial charge in [-0.25, -0.2) is 9.46 Å². The third kappa shape index (κ3) is 8.53. The van der Waals surface area contributed by atoms with Gasteiger partial charge in [-0.1, -0.05) is 68.4 Å². The molecular weight excluding hydrogens is 691 g/mol. The Hall–Kier alpha value is -4.04. The summed E-state index contributed by atoms with van der Waals surface area (Å²) in [6.07, 6.45) is -1.21. The zero-order valence-corrected chi connectivity index (χ0v) is 32.9. The van der Waals surface area contributed by atoms with Crippen LogP contribution in [0.25, 0.3) is 0 Å². The number of nitriles is 1. The highest BCUT2D eigenvalue weighted by Crippen LogP contribution is 2.54. The van der Waals surface area contributed by atoms with Crippen LogP contribution in [0.5, 0.6) is 11.5 Å². The lowest BCUT2D eigenvalue weighted by molar-refractivity contribution is -0.128. The molecule has 0 radical (unpaired) electrons. The Morgan fingerprint density at radius 2 is 1.45 bits per heavy atom. The standard InChI is InChI=1S/C41H53N4O7P/c1-27(2)45(28(3)4)53(50-24-12-23-42)52-36-25-37(44-26-29(5)39(46)43-40(44)47)51-38(36)30(6)41(31-13-10-9-11-14-31,32-15-19-34(48-7)20-16-32)33-17-21-35(49-8)22-18-33/h9-11,13-22,27-30,36-38H,12,24-26H2,1-8H3,(H,43,46,47)/t29?,30-,36-,37-,38+,53?/m1/s1. The second-order valence-electron chi connectivity index (χ2n) is 14.2. The van der Waals surface area contributed by atoms with Crippen molar-refractivity contribution in [3.63, 3.8) is 0 Å². The van der Waals surface area contributed by atoms with Gasteiger partial charge < -0.3 is 23.3 Å². The average molecular weight is 745 g/mol. The van der Waals surface area contributed by atoms with Gasteiger partial charge >= 0.3 is 6.03 Å². The van der Waals surface area contributed by atoms with Crippen molar-refractivity contribution in [1.82, 2.24) is 14.9 Å². The van der Waals surface area contributed by atoms with E-state index in [9.17, 15) is 14.9 Å². The number of hydrogen-bond acceptors (Lipinski definition) is 9. The van der Waals surface area contributed by atoms with E-state index in [4.69, 9.17) is 23.3 Å². The molecule has 2 aliphatic rings. The zero-order valence-electron chi connectivity index (χ0n) is 32.0. The minimum absolute atomic E-state index is 0.0823. The van der Waals surface area contributed by atoms with Crippen molar-refractivity contribution in [2.24, 2.45) is 11.8 Å². The summed E-state index contributed by atoms with van der Waals surface area (Å²) in [5, 5.41) is 11.9. The minimum atomic E-state index is -1.66. The van der Waals surface area contributed by atoms with Crippen LogP contribution in [0.4, 0.5) is 4.79 Å². The average Bonchev–Trinajstić information content (AvgIpc) is 3.57. The van der Waals surface area contributed by atoms with E-state index in [1.807, 2.05) is 42.5 Å². The Morgan fingerprint density at radius 1 is 0.906 bits per heavy atom. The number of carbonyl (C=O) groups excluding carboxylic acids is 2. The van der Waals surface area contributed by atoms with Crippen molar-refractivity contribution in [1.29, 1.82) is 5.26 Å². The van der Waals surface area contributed by atoms with Crippen molar-refractivity contribution in [2.75, 3.05) is 27.4 Å². The van der Waals surface area contributed by atoms with Crippen LogP contribution in [0.1, 0.15) is 71.1 Å². The van der Waals surface area contributed by atoms with Crippen LogP contribution in [0, 0.1) is 23.2 Å². The molecule has 0 aliphatic carbocycles. The highest BCUT2D eigenvalue weighted by Gasteiger charge is 2.53. The molecule has 2 fully saturated rings. The fraction of sp³-hybridized carbons (Fsp3) is 0.488. The maximum atomic E-state index is 13.4. The molecule has 0 bridgehead atoms. The monoisotopic (exact) mass is 744 g/mol. The summed E-state index contributed by atoms with van der Waals surface area (Å²) in [6.45, 7) is 12.8. The Bertz CT molecular complexity index is 1640. The Morgan fingerprint density at radius 3 is 1.96 bits per heavy atom. The Labute approximate surface area is 315 Å². The highest BCUT2D eigenvalue weighted by molar-refractivity contribution is 7.44. The summed E-state index contributed by atoms with van der Waals surface area (Å²) >= 11 is 0. The molecule has 0 spiro atoms. The summed E-state index contributed by atoms with van der Waals surface area (Å²) < 4.78 is 34.0. The van der Waals surface area contributed by atoms with Crippen LogP contribution in [0.15, 0.2) is 78.9 Å². The molecular formula is C41H53N4O7P. The number of imide groups is 1. The van der Waals surface area contributed by atoms with Gasteiger partial charge in [-0.2, -0.15) is 5.26 Å². The molecule has 284 valence electrons. The maximum Gasteiger partial charge on any atom is 0.326 e. The lowest BCUT2D eigenvalue weighted by Crippen LogP contribution is -2.57. The first-order chi connectivity index (χ1) is 25.5. The van der Waals surface area contributed by atoms with E-state index >= 15 is 0 Å². The van der Waals surface area contributed by atoms with Crippen LogP contribution in [-0.4, -0.2) is 79.4 Å². The van der Waals surface area contributed by atoms with Gasteiger partial charge in [0.15, 0.2) is 0 Å². The van der Waals surface area contributed by atoms with Crippen LogP contribution >= 0.6 is 8.53 Å². The quantitative estimate of drug-likeness (QED) is 0.0896. The van der Waals surface area contributed by atoms with Crippen LogP contribution < -0.4 is 14.8 Å². The molecule has 5 rings (SSSR count). The number of amides is 3. The molecule has 3 aromatic rings. The van der Waals surface area contributed by atoms with Crippen molar-refractivity contribution in [3.05, 3.63) is 95.6 Å². The number of nitrogens with zero attached hydrogens (tertiary/aromatic N) is 3. The second-order valence-corrected chi connectivity index (χ2v) is 15.7. The third-order valence-electron chi connectivity index (χ3n) is 10.3. The topological polar surface area (TPSA) is 123 Å². The number of rotatable bonds is 16. The fourth-order valence-corrected chi connectivity index (χ4v) is 9.51. The van der Waals surface area contributed by atoms with Crippen LogP contribution in [0.3, 0.4) is 0 Å². The number of nitrogens with one attached hydrogen (secondary N) is 1. The van der Waals surface area contributed by atoms with Crippen molar-refractivity contribution in [2.45, 2.75) is 90.3 Å². The van der Waals surface area contributed by atoms with Crippen molar-refractivity contribution in [3.8, 4) is 17.6 Å². The predicted octanol–water partition coefficient (Wildman–Crippen LogP) is 7.64. The predicted molar refractivity (Wildman–Crippen MR) is 204 cm³/mol. The van der Waals surface area contributed by atoms with Gasteiger partial charge in [0.25, 0.3) is 8.53 Å². The number of carbonyl (C=O) groups is 2. The van der Waals surface area contributed by atoms with E-state index in [-0.39, 0.29) is 43.5 Å². The minimum Gasteiger partial charge on any atom is -0.497 e. The van der Waals surface area contributed by atoms with Gasteiger partial charge in [0.05, 0.1) is 56.9 Å². The molecule has 3 amide bonds. The van der Waals surface area contributed by atoms with E-state index in [0.717, 1.165) is 28.2 Å². The molecule has 53 heavy (non-hydrogen) atoms. The normalized spacial score (nSPS) is 21.8. The van der Waals surface area contributed by atoms with Gasteiger partial charge in [-0.3, -0.25) is 15.0 Å². The third-order valence-corrected chi connectivity index (χ3v) is 12.4. The van der Waals surface area contributed by atoms with Gasteiger partial charge in [0, 0.05) is 31.0 Å². The van der Waals surface area contributed by atoms with E-state index in [0.29, 0.717) is 6.42 Å². The highest BCUT2D eigenvalue weighted by atomic mass is 31.2. The van der Waals surface area contributed by atoms with Gasteiger partial charge in [-0.05, 0) is 68.7 Å². The number of urea groups is 1.